The van der Waals surface area contributed by atoms with Crippen LogP contribution in [0.5, 0.6) is 5.88 Å². The van der Waals surface area contributed by atoms with Gasteiger partial charge in [-0.2, -0.15) is 4.98 Å². The van der Waals surface area contributed by atoms with Gasteiger partial charge in [0.05, 0.1) is 17.9 Å². The van der Waals surface area contributed by atoms with Crippen molar-refractivity contribution in [1.29, 1.82) is 0 Å². The fraction of sp³-hybridized carbons (Fsp3) is 0.667. The molecule has 0 saturated carbocycles. The molecule has 1 aromatic heterocycles. The first-order valence-corrected chi connectivity index (χ1v) is 7.18. The fourth-order valence-corrected chi connectivity index (χ4v) is 1.60. The molecular formula is C15H27N3O3. The highest BCUT2D eigenvalue weighted by Gasteiger charge is 2.20. The molecule has 1 unspecified atom stereocenters. The molecule has 0 bridgehead atoms. The highest BCUT2D eigenvalue weighted by Crippen LogP contribution is 2.22. The molecule has 1 heterocycles. The van der Waals surface area contributed by atoms with E-state index in [9.17, 15) is 5.11 Å². The molecular weight excluding hydrogens is 270 g/mol. The number of pyridine rings is 1. The smallest absolute Gasteiger partial charge is 0.239 e. The number of nitrogens with zero attached hydrogens (tertiary/aromatic N) is 1. The highest BCUT2D eigenvalue weighted by molar-refractivity contribution is 5.53. The van der Waals surface area contributed by atoms with Gasteiger partial charge in [0.15, 0.2) is 0 Å². The van der Waals surface area contributed by atoms with Crippen molar-refractivity contribution in [2.24, 2.45) is 5.92 Å². The lowest BCUT2D eigenvalue weighted by atomic mass is 10.0. The van der Waals surface area contributed by atoms with E-state index in [0.717, 1.165) is 0 Å². The van der Waals surface area contributed by atoms with Crippen LogP contribution in [0.4, 0.5) is 11.5 Å². The molecule has 21 heavy (non-hydrogen) atoms. The Labute approximate surface area is 126 Å². The van der Waals surface area contributed by atoms with Gasteiger partial charge in [-0.15, -0.1) is 0 Å². The van der Waals surface area contributed by atoms with Crippen LogP contribution >= 0.6 is 0 Å². The third-order valence-electron chi connectivity index (χ3n) is 2.94. The first-order valence-electron chi connectivity index (χ1n) is 7.18. The molecule has 0 fully saturated rings. The number of nitrogens with two attached hydrogens (primary N) is 1. The lowest BCUT2D eigenvalue weighted by molar-refractivity contribution is 0.0357. The second-order valence-corrected chi connectivity index (χ2v) is 5.89. The lowest BCUT2D eigenvalue weighted by Crippen LogP contribution is -2.34. The molecule has 0 aliphatic rings. The maximum Gasteiger partial charge on any atom is 0.239 e. The molecule has 0 amide bonds. The minimum atomic E-state index is -0.863. The summed E-state index contributed by atoms with van der Waals surface area (Å²) in [5, 5.41) is 13.3. The van der Waals surface area contributed by atoms with E-state index in [4.69, 9.17) is 15.2 Å². The fourth-order valence-electron chi connectivity index (χ4n) is 1.60. The van der Waals surface area contributed by atoms with E-state index >= 15 is 0 Å². The summed E-state index contributed by atoms with van der Waals surface area (Å²) in [4.78, 5) is 4.33. The Hall–Kier alpha value is -1.53. The van der Waals surface area contributed by atoms with Crippen LogP contribution < -0.4 is 15.8 Å². The Balaban J connectivity index is 2.61. The van der Waals surface area contributed by atoms with Gasteiger partial charge in [-0.3, -0.25) is 0 Å². The second kappa shape index (κ2) is 8.05. The molecule has 0 saturated heterocycles. The first-order chi connectivity index (χ1) is 9.84. The van der Waals surface area contributed by atoms with Gasteiger partial charge >= 0.3 is 0 Å². The standard InChI is InChI=1S/C15H27N3O3/c1-11(2)9-21-14-12(16)5-6-13(18-14)17-10-15(3,19)7-8-20-4/h5-6,11,19H,7-10,16H2,1-4H3,(H,17,18). The van der Waals surface area contributed by atoms with Crippen molar-refractivity contribution < 1.29 is 14.6 Å². The zero-order chi connectivity index (χ0) is 15.9. The molecule has 6 heteroatoms. The van der Waals surface area contributed by atoms with Gasteiger partial charge < -0.3 is 25.6 Å². The summed E-state index contributed by atoms with van der Waals surface area (Å²) >= 11 is 0. The predicted molar refractivity (Wildman–Crippen MR) is 84.6 cm³/mol. The largest absolute Gasteiger partial charge is 0.476 e. The van der Waals surface area contributed by atoms with Gasteiger partial charge in [-0.25, -0.2) is 0 Å². The van der Waals surface area contributed by atoms with Crippen molar-refractivity contribution in [3.8, 4) is 5.88 Å². The molecule has 1 aromatic rings. The van der Waals surface area contributed by atoms with Crippen molar-refractivity contribution in [2.75, 3.05) is 37.9 Å². The van der Waals surface area contributed by atoms with Gasteiger partial charge in [0.1, 0.15) is 5.82 Å². The maximum absolute atomic E-state index is 10.2. The van der Waals surface area contributed by atoms with E-state index in [0.29, 0.717) is 49.5 Å². The molecule has 120 valence electrons. The molecule has 0 radical (unpaired) electrons. The number of nitrogens with one attached hydrogen (secondary N) is 1. The van der Waals surface area contributed by atoms with Crippen LogP contribution in [0.2, 0.25) is 0 Å². The molecule has 0 aromatic carbocycles. The van der Waals surface area contributed by atoms with E-state index in [1.807, 2.05) is 0 Å². The van der Waals surface area contributed by atoms with Crippen LogP contribution in [-0.4, -0.2) is 42.6 Å². The lowest BCUT2D eigenvalue weighted by Gasteiger charge is -2.23. The van der Waals surface area contributed by atoms with E-state index in [2.05, 4.69) is 24.1 Å². The summed E-state index contributed by atoms with van der Waals surface area (Å²) in [6, 6.07) is 3.51. The zero-order valence-corrected chi connectivity index (χ0v) is 13.3. The normalized spacial score (nSPS) is 14.0. The molecule has 1 atom stereocenters. The summed E-state index contributed by atoms with van der Waals surface area (Å²) in [5.74, 6) is 1.45. The number of aliphatic hydroxyl groups is 1. The van der Waals surface area contributed by atoms with Crippen LogP contribution in [0.25, 0.3) is 0 Å². The Kier molecular flexibility index (Phi) is 6.71. The number of hydrogen-bond donors (Lipinski definition) is 3. The van der Waals surface area contributed by atoms with Crippen LogP contribution in [0.1, 0.15) is 27.2 Å². The third-order valence-corrected chi connectivity index (χ3v) is 2.94. The molecule has 4 N–H and O–H groups in total. The number of methoxy groups -OCH3 is 1. The van der Waals surface area contributed by atoms with Crippen molar-refractivity contribution in [3.05, 3.63) is 12.1 Å². The number of aromatic nitrogens is 1. The minimum Gasteiger partial charge on any atom is -0.476 e. The van der Waals surface area contributed by atoms with E-state index < -0.39 is 5.60 Å². The van der Waals surface area contributed by atoms with Crippen molar-refractivity contribution >= 4 is 11.5 Å². The Morgan fingerprint density at radius 3 is 2.76 bits per heavy atom. The number of ether oxygens (including phenoxy) is 2. The average Bonchev–Trinajstić information content (AvgIpc) is 2.43. The van der Waals surface area contributed by atoms with Crippen LogP contribution in [0, 0.1) is 5.92 Å². The summed E-state index contributed by atoms with van der Waals surface area (Å²) in [6.07, 6.45) is 0.544. The van der Waals surface area contributed by atoms with Gasteiger partial charge in [0.25, 0.3) is 0 Å². The summed E-state index contributed by atoms with van der Waals surface area (Å²) in [5.41, 5.74) is 5.49. The quantitative estimate of drug-likeness (QED) is 0.645. The SMILES string of the molecule is COCCC(C)(O)CNc1ccc(N)c(OCC(C)C)n1. The number of anilines is 2. The van der Waals surface area contributed by atoms with Crippen molar-refractivity contribution in [3.63, 3.8) is 0 Å². The van der Waals surface area contributed by atoms with Gasteiger partial charge in [-0.05, 0) is 25.0 Å². The third kappa shape index (κ3) is 6.64. The van der Waals surface area contributed by atoms with Crippen molar-refractivity contribution in [1.82, 2.24) is 4.98 Å². The van der Waals surface area contributed by atoms with Crippen LogP contribution in [0.3, 0.4) is 0 Å². The number of rotatable bonds is 9. The zero-order valence-electron chi connectivity index (χ0n) is 13.3. The van der Waals surface area contributed by atoms with E-state index in [1.165, 1.54) is 0 Å². The maximum atomic E-state index is 10.2. The number of hydrogen-bond acceptors (Lipinski definition) is 6. The predicted octanol–water partition coefficient (Wildman–Crippen LogP) is 1.90. The average molecular weight is 297 g/mol. The summed E-state index contributed by atoms with van der Waals surface area (Å²) in [7, 11) is 1.61. The van der Waals surface area contributed by atoms with Gasteiger partial charge in [0.2, 0.25) is 5.88 Å². The monoisotopic (exact) mass is 297 g/mol. The molecule has 0 aliphatic carbocycles. The van der Waals surface area contributed by atoms with E-state index in [1.54, 1.807) is 26.2 Å². The molecule has 0 aliphatic heterocycles. The van der Waals surface area contributed by atoms with Crippen molar-refractivity contribution in [2.45, 2.75) is 32.8 Å². The molecule has 1 rings (SSSR count). The van der Waals surface area contributed by atoms with Crippen LogP contribution in [0.15, 0.2) is 12.1 Å². The second-order valence-electron chi connectivity index (χ2n) is 5.89. The summed E-state index contributed by atoms with van der Waals surface area (Å²) in [6.45, 7) is 7.32. The minimum absolute atomic E-state index is 0.372. The summed E-state index contributed by atoms with van der Waals surface area (Å²) < 4.78 is 10.6. The molecule has 0 spiro atoms. The Morgan fingerprint density at radius 2 is 2.14 bits per heavy atom. The Morgan fingerprint density at radius 1 is 1.43 bits per heavy atom. The van der Waals surface area contributed by atoms with Gasteiger partial charge in [0, 0.05) is 26.7 Å². The molecule has 6 nitrogen and oxygen atoms in total. The first kappa shape index (κ1) is 17.5. The topological polar surface area (TPSA) is 89.6 Å². The number of nitrogen functional groups attached to an aromatic ring is 1. The van der Waals surface area contributed by atoms with Crippen LogP contribution in [-0.2, 0) is 4.74 Å². The Bertz CT molecular complexity index is 436. The van der Waals surface area contributed by atoms with Gasteiger partial charge in [-0.1, -0.05) is 13.8 Å². The van der Waals surface area contributed by atoms with E-state index in [-0.39, 0.29) is 0 Å². The highest BCUT2D eigenvalue weighted by atomic mass is 16.5.